The van der Waals surface area contributed by atoms with Crippen molar-refractivity contribution in [3.05, 3.63) is 35.9 Å². The summed E-state index contributed by atoms with van der Waals surface area (Å²) < 4.78 is 17.3. The van der Waals surface area contributed by atoms with Crippen molar-refractivity contribution in [1.82, 2.24) is 4.90 Å². The lowest BCUT2D eigenvalue weighted by atomic mass is 9.48. The zero-order chi connectivity index (χ0) is 18.8. The zero-order valence-electron chi connectivity index (χ0n) is 15.8. The van der Waals surface area contributed by atoms with Crippen LogP contribution in [0.3, 0.4) is 0 Å². The van der Waals surface area contributed by atoms with Crippen molar-refractivity contribution in [3.63, 3.8) is 0 Å². The lowest BCUT2D eigenvalue weighted by Gasteiger charge is -2.63. The molecule has 2 heterocycles. The molecule has 1 aromatic rings. The lowest BCUT2D eigenvalue weighted by Crippen LogP contribution is -2.77. The summed E-state index contributed by atoms with van der Waals surface area (Å²) in [6, 6.07) is 4.06. The minimum absolute atomic E-state index is 0.0621. The molecule has 2 bridgehead atoms. The monoisotopic (exact) mass is 372 g/mol. The summed E-state index contributed by atoms with van der Waals surface area (Å²) in [5.41, 5.74) is 7.62. The fourth-order valence-corrected chi connectivity index (χ4v) is 6.28. The number of aliphatic hydroxyl groups is 1. The Labute approximate surface area is 159 Å². The maximum absolute atomic E-state index is 12.1. The second-order valence-electron chi connectivity index (χ2n) is 8.37. The van der Waals surface area contributed by atoms with Crippen LogP contribution in [0.25, 0.3) is 0 Å². The number of methoxy groups -OCH3 is 1. The molecule has 146 valence electrons. The van der Waals surface area contributed by atoms with Crippen molar-refractivity contribution >= 4 is 0 Å². The van der Waals surface area contributed by atoms with Gasteiger partial charge in [-0.05, 0) is 43.9 Å². The van der Waals surface area contributed by atoms with Gasteiger partial charge in [-0.1, -0.05) is 12.1 Å². The molecule has 0 amide bonds. The van der Waals surface area contributed by atoms with Crippen LogP contribution in [0.2, 0.25) is 0 Å². The van der Waals surface area contributed by atoms with Gasteiger partial charge in [0, 0.05) is 31.3 Å². The van der Waals surface area contributed by atoms with Crippen LogP contribution in [0.5, 0.6) is 11.5 Å². The molecule has 0 radical (unpaired) electrons. The minimum Gasteiger partial charge on any atom is -0.484 e. The Hall–Kier alpha value is -1.60. The Balaban J connectivity index is 1.70. The van der Waals surface area contributed by atoms with Gasteiger partial charge in [0.05, 0.1) is 11.0 Å². The van der Waals surface area contributed by atoms with Crippen molar-refractivity contribution in [2.24, 2.45) is 5.73 Å². The van der Waals surface area contributed by atoms with Gasteiger partial charge in [0.2, 0.25) is 0 Å². The maximum Gasteiger partial charge on any atom is 0.188 e. The van der Waals surface area contributed by atoms with Crippen molar-refractivity contribution in [3.8, 4) is 11.5 Å². The summed E-state index contributed by atoms with van der Waals surface area (Å²) in [6.07, 6.45) is 4.82. The van der Waals surface area contributed by atoms with Crippen LogP contribution < -0.4 is 15.2 Å². The molecule has 6 heteroatoms. The molecule has 3 N–H and O–H groups in total. The lowest BCUT2D eigenvalue weighted by molar-refractivity contribution is -0.187. The van der Waals surface area contributed by atoms with E-state index in [9.17, 15) is 5.11 Å². The summed E-state index contributed by atoms with van der Waals surface area (Å²) in [6.45, 7) is 5.78. The third-order valence-corrected chi connectivity index (χ3v) is 7.30. The molecule has 27 heavy (non-hydrogen) atoms. The SMILES string of the molecule is C=CCN1CC[C@]23c4c5ccc(OCOC)c4O[C@H]2[C@H](N)CC[C@@]3(O)[C@H]1C5. The van der Waals surface area contributed by atoms with Gasteiger partial charge >= 0.3 is 0 Å². The number of hydrogen-bond acceptors (Lipinski definition) is 6. The van der Waals surface area contributed by atoms with E-state index >= 15 is 0 Å². The van der Waals surface area contributed by atoms with Crippen LogP contribution in [0.4, 0.5) is 0 Å². The molecular formula is C21H28N2O4. The fourth-order valence-electron chi connectivity index (χ4n) is 6.28. The Morgan fingerprint density at radius 2 is 2.30 bits per heavy atom. The molecule has 0 unspecified atom stereocenters. The molecule has 4 aliphatic rings. The zero-order valence-corrected chi connectivity index (χ0v) is 15.8. The van der Waals surface area contributed by atoms with E-state index in [1.807, 2.05) is 12.1 Å². The molecule has 0 aromatic heterocycles. The van der Waals surface area contributed by atoms with E-state index in [2.05, 4.69) is 17.5 Å². The average Bonchev–Trinajstić information content (AvgIpc) is 3.01. The van der Waals surface area contributed by atoms with Gasteiger partial charge in [-0.25, -0.2) is 0 Å². The topological polar surface area (TPSA) is 77.2 Å². The van der Waals surface area contributed by atoms with E-state index in [-0.39, 0.29) is 25.0 Å². The number of piperidine rings is 1. The van der Waals surface area contributed by atoms with Gasteiger partial charge in [0.15, 0.2) is 18.3 Å². The third-order valence-electron chi connectivity index (χ3n) is 7.30. The Bertz CT molecular complexity index is 784. The number of nitrogens with two attached hydrogens (primary N) is 1. The van der Waals surface area contributed by atoms with Crippen LogP contribution >= 0.6 is 0 Å². The molecule has 2 aliphatic heterocycles. The Kier molecular flexibility index (Phi) is 3.85. The number of ether oxygens (including phenoxy) is 3. The second kappa shape index (κ2) is 5.95. The van der Waals surface area contributed by atoms with Crippen LogP contribution in [0.1, 0.15) is 30.4 Å². The quantitative estimate of drug-likeness (QED) is 0.600. The van der Waals surface area contributed by atoms with E-state index in [1.165, 1.54) is 5.56 Å². The molecule has 1 aromatic carbocycles. The highest BCUT2D eigenvalue weighted by Crippen LogP contribution is 2.65. The molecular weight excluding hydrogens is 344 g/mol. The van der Waals surface area contributed by atoms with E-state index in [4.69, 9.17) is 19.9 Å². The van der Waals surface area contributed by atoms with Gasteiger partial charge in [0.25, 0.3) is 0 Å². The first kappa shape index (κ1) is 17.5. The summed E-state index contributed by atoms with van der Waals surface area (Å²) in [7, 11) is 1.60. The molecule has 5 atom stereocenters. The summed E-state index contributed by atoms with van der Waals surface area (Å²) >= 11 is 0. The molecule has 6 nitrogen and oxygen atoms in total. The Morgan fingerprint density at radius 3 is 3.07 bits per heavy atom. The van der Waals surface area contributed by atoms with Crippen LogP contribution in [-0.2, 0) is 16.6 Å². The first-order chi connectivity index (χ1) is 13.1. The summed E-state index contributed by atoms with van der Waals surface area (Å²) in [5, 5.41) is 12.1. The van der Waals surface area contributed by atoms with E-state index in [0.29, 0.717) is 12.2 Å². The van der Waals surface area contributed by atoms with Gasteiger partial charge < -0.3 is 25.1 Å². The fraction of sp³-hybridized carbons (Fsp3) is 0.619. The predicted octanol–water partition coefficient (Wildman–Crippen LogP) is 1.34. The van der Waals surface area contributed by atoms with Gasteiger partial charge in [-0.2, -0.15) is 0 Å². The molecule has 1 saturated carbocycles. The van der Waals surface area contributed by atoms with E-state index in [0.717, 1.165) is 43.7 Å². The Morgan fingerprint density at radius 1 is 1.44 bits per heavy atom. The van der Waals surface area contributed by atoms with Crippen LogP contribution in [0.15, 0.2) is 24.8 Å². The number of benzene rings is 1. The first-order valence-electron chi connectivity index (χ1n) is 9.84. The molecule has 2 aliphatic carbocycles. The van der Waals surface area contributed by atoms with E-state index in [1.54, 1.807) is 7.11 Å². The van der Waals surface area contributed by atoms with Gasteiger partial charge in [0.1, 0.15) is 6.10 Å². The molecule has 5 rings (SSSR count). The first-order valence-corrected chi connectivity index (χ1v) is 9.84. The van der Waals surface area contributed by atoms with Crippen LogP contribution in [-0.4, -0.2) is 60.8 Å². The minimum atomic E-state index is -0.840. The second-order valence-corrected chi connectivity index (χ2v) is 8.37. The number of rotatable bonds is 5. The molecule has 1 spiro atoms. The van der Waals surface area contributed by atoms with Crippen molar-refractivity contribution in [1.29, 1.82) is 0 Å². The van der Waals surface area contributed by atoms with Crippen LogP contribution in [0, 0.1) is 0 Å². The van der Waals surface area contributed by atoms with Crippen molar-refractivity contribution in [2.45, 2.75) is 54.9 Å². The molecule has 1 saturated heterocycles. The highest BCUT2D eigenvalue weighted by atomic mass is 16.7. The average molecular weight is 372 g/mol. The third kappa shape index (κ3) is 2.04. The van der Waals surface area contributed by atoms with Gasteiger partial charge in [-0.15, -0.1) is 6.58 Å². The summed E-state index contributed by atoms with van der Waals surface area (Å²) in [4.78, 5) is 2.38. The van der Waals surface area contributed by atoms with Crippen molar-refractivity contribution < 1.29 is 19.3 Å². The predicted molar refractivity (Wildman–Crippen MR) is 101 cm³/mol. The number of nitrogens with zero attached hydrogens (tertiary/aromatic N) is 1. The van der Waals surface area contributed by atoms with E-state index < -0.39 is 11.0 Å². The number of hydrogen-bond donors (Lipinski definition) is 2. The normalized spacial score (nSPS) is 38.9. The largest absolute Gasteiger partial charge is 0.484 e. The molecule has 2 fully saturated rings. The summed E-state index contributed by atoms with van der Waals surface area (Å²) in [5.74, 6) is 1.45. The highest BCUT2D eigenvalue weighted by Gasteiger charge is 2.72. The standard InChI is InChI=1S/C21H28N2O4/c1-3-9-23-10-8-20-17-13-4-5-15(26-12-25-2)18(17)27-19(20)14(22)6-7-21(20,24)16(23)11-13/h3-5,14,16,19,24H,1,6-12,22H2,2H3/t14-,16-,19+,20+,21-/m1/s1. The van der Waals surface area contributed by atoms with Crippen molar-refractivity contribution in [2.75, 3.05) is 27.0 Å². The smallest absolute Gasteiger partial charge is 0.188 e. The maximum atomic E-state index is 12.1. The highest BCUT2D eigenvalue weighted by molar-refractivity contribution is 5.63. The number of likely N-dealkylation sites (tertiary alicyclic amines) is 1. The van der Waals surface area contributed by atoms with Gasteiger partial charge in [-0.3, -0.25) is 4.90 Å².